The molecular weight excluding hydrogens is 200 g/mol. The van der Waals surface area contributed by atoms with Gasteiger partial charge in [0, 0.05) is 0 Å². The van der Waals surface area contributed by atoms with Crippen molar-refractivity contribution in [1.29, 1.82) is 0 Å². The summed E-state index contributed by atoms with van der Waals surface area (Å²) in [6.07, 6.45) is 0. The number of carbonyl (C=O) groups is 1. The third-order valence-electron chi connectivity index (χ3n) is 2.13. The molecule has 0 saturated heterocycles. The first kappa shape index (κ1) is 14.3. The Morgan fingerprint density at radius 2 is 1.47 bits per heavy atom. The van der Waals surface area contributed by atoms with Crippen LogP contribution < -0.4 is 0 Å². The average molecular weight is 220 g/mol. The van der Waals surface area contributed by atoms with Crippen molar-refractivity contribution in [1.82, 2.24) is 0 Å². The molecule has 5 heteroatoms. The molecule has 0 amide bonds. The van der Waals surface area contributed by atoms with Crippen LogP contribution in [0.4, 0.5) is 0 Å². The van der Waals surface area contributed by atoms with Gasteiger partial charge >= 0.3 is 5.97 Å². The summed E-state index contributed by atoms with van der Waals surface area (Å²) in [5, 5.41) is 26.9. The molecule has 5 nitrogen and oxygen atoms in total. The molecule has 15 heavy (non-hydrogen) atoms. The molecule has 0 heterocycles. The lowest BCUT2D eigenvalue weighted by atomic mass is 9.92. The minimum absolute atomic E-state index is 0.188. The lowest BCUT2D eigenvalue weighted by Gasteiger charge is -2.28. The molecule has 0 aliphatic carbocycles. The van der Waals surface area contributed by atoms with Gasteiger partial charge < -0.3 is 20.1 Å². The Morgan fingerprint density at radius 1 is 1.07 bits per heavy atom. The fourth-order valence-electron chi connectivity index (χ4n) is 0.722. The lowest BCUT2D eigenvalue weighted by Crippen LogP contribution is -2.40. The summed E-state index contributed by atoms with van der Waals surface area (Å²) in [4.78, 5) is 11.4. The predicted octanol–water partition coefficient (Wildman–Crippen LogP) is -0.461. The fourth-order valence-corrected chi connectivity index (χ4v) is 0.722. The van der Waals surface area contributed by atoms with Crippen LogP contribution in [0.2, 0.25) is 0 Å². The summed E-state index contributed by atoms with van der Waals surface area (Å²) in [6.45, 7) is 3.62. The van der Waals surface area contributed by atoms with Gasteiger partial charge in [-0.2, -0.15) is 0 Å². The van der Waals surface area contributed by atoms with E-state index in [2.05, 4.69) is 0 Å². The van der Waals surface area contributed by atoms with Gasteiger partial charge in [0.2, 0.25) is 0 Å². The zero-order valence-electron chi connectivity index (χ0n) is 9.49. The number of aliphatic hydroxyl groups excluding tert-OH is 3. The van der Waals surface area contributed by atoms with E-state index in [1.807, 2.05) is 0 Å². The molecular formula is C10H20O5. The molecule has 0 aliphatic heterocycles. The highest BCUT2D eigenvalue weighted by Gasteiger charge is 2.32. The Morgan fingerprint density at radius 3 is 1.73 bits per heavy atom. The molecule has 0 aromatic rings. The summed E-state index contributed by atoms with van der Waals surface area (Å²) in [5.41, 5.74) is -1.78. The first-order chi connectivity index (χ1) is 6.81. The number of aliphatic hydroxyl groups is 3. The molecule has 0 bridgehead atoms. The highest BCUT2D eigenvalue weighted by atomic mass is 16.5. The molecule has 3 N–H and O–H groups in total. The molecule has 0 fully saturated rings. The van der Waals surface area contributed by atoms with E-state index in [-0.39, 0.29) is 6.61 Å². The van der Waals surface area contributed by atoms with Gasteiger partial charge in [0.1, 0.15) is 6.61 Å². The van der Waals surface area contributed by atoms with E-state index in [0.717, 1.165) is 0 Å². The van der Waals surface area contributed by atoms with Crippen LogP contribution >= 0.6 is 0 Å². The maximum atomic E-state index is 11.4. The minimum atomic E-state index is -1.15. The Balaban J connectivity index is 4.29. The van der Waals surface area contributed by atoms with Crippen molar-refractivity contribution in [3.63, 3.8) is 0 Å². The fraction of sp³-hybridized carbons (Fsp3) is 0.900. The van der Waals surface area contributed by atoms with Gasteiger partial charge in [-0.25, -0.2) is 0 Å². The summed E-state index contributed by atoms with van der Waals surface area (Å²) in [5.74, 6) is -0.428. The van der Waals surface area contributed by atoms with Crippen LogP contribution in [-0.2, 0) is 9.53 Å². The van der Waals surface area contributed by atoms with Crippen LogP contribution in [0.25, 0.3) is 0 Å². The Bertz CT molecular complexity index is 194. The molecule has 0 atom stereocenters. The second kappa shape index (κ2) is 5.44. The molecule has 0 aromatic carbocycles. The maximum absolute atomic E-state index is 11.4. The van der Waals surface area contributed by atoms with E-state index in [9.17, 15) is 4.79 Å². The molecule has 0 rings (SSSR count). The first-order valence-corrected chi connectivity index (χ1v) is 4.81. The normalized spacial score (nSPS) is 12.7. The summed E-state index contributed by atoms with van der Waals surface area (Å²) >= 11 is 0. The van der Waals surface area contributed by atoms with Crippen molar-refractivity contribution >= 4 is 5.97 Å². The quantitative estimate of drug-likeness (QED) is 0.546. The smallest absolute Gasteiger partial charge is 0.311 e. The topological polar surface area (TPSA) is 87.0 Å². The summed E-state index contributed by atoms with van der Waals surface area (Å²) < 4.78 is 4.93. The van der Waals surface area contributed by atoms with Gasteiger partial charge in [-0.3, -0.25) is 4.79 Å². The third-order valence-corrected chi connectivity index (χ3v) is 2.13. The SMILES string of the molecule is CC(C)(C)C(=O)OCC(CO)(CO)CO. The highest BCUT2D eigenvalue weighted by Crippen LogP contribution is 2.20. The van der Waals surface area contributed by atoms with Crippen LogP contribution in [-0.4, -0.2) is 47.7 Å². The standard InChI is InChI=1S/C10H20O5/c1-9(2,3)8(14)15-7-10(4-11,5-12)6-13/h11-13H,4-7H2,1-3H3. The van der Waals surface area contributed by atoms with E-state index >= 15 is 0 Å². The summed E-state index contributed by atoms with van der Waals surface area (Å²) in [6, 6.07) is 0. The second-order valence-corrected chi connectivity index (χ2v) is 4.80. The van der Waals surface area contributed by atoms with Crippen molar-refractivity contribution in [3.05, 3.63) is 0 Å². The Kier molecular flexibility index (Phi) is 5.20. The lowest BCUT2D eigenvalue weighted by molar-refractivity contribution is -0.160. The van der Waals surface area contributed by atoms with Gasteiger partial charge in [-0.15, -0.1) is 0 Å². The molecule has 90 valence electrons. The van der Waals surface area contributed by atoms with Gasteiger partial charge in [-0.05, 0) is 20.8 Å². The van der Waals surface area contributed by atoms with Gasteiger partial charge in [0.15, 0.2) is 0 Å². The molecule has 0 radical (unpaired) electrons. The van der Waals surface area contributed by atoms with Crippen LogP contribution in [0.1, 0.15) is 20.8 Å². The van der Waals surface area contributed by atoms with Crippen LogP contribution in [0.3, 0.4) is 0 Å². The van der Waals surface area contributed by atoms with E-state index in [4.69, 9.17) is 20.1 Å². The van der Waals surface area contributed by atoms with E-state index in [1.165, 1.54) is 0 Å². The van der Waals surface area contributed by atoms with Gasteiger partial charge in [-0.1, -0.05) is 0 Å². The van der Waals surface area contributed by atoms with Crippen LogP contribution in [0.5, 0.6) is 0 Å². The zero-order valence-corrected chi connectivity index (χ0v) is 9.49. The first-order valence-electron chi connectivity index (χ1n) is 4.81. The zero-order chi connectivity index (χ0) is 12.1. The van der Waals surface area contributed by atoms with E-state index in [1.54, 1.807) is 20.8 Å². The summed E-state index contributed by atoms with van der Waals surface area (Å²) in [7, 11) is 0. The van der Waals surface area contributed by atoms with Crippen molar-refractivity contribution in [2.75, 3.05) is 26.4 Å². The highest BCUT2D eigenvalue weighted by molar-refractivity contribution is 5.75. The largest absolute Gasteiger partial charge is 0.464 e. The number of hydrogen-bond donors (Lipinski definition) is 3. The number of ether oxygens (including phenoxy) is 1. The Labute approximate surface area is 89.7 Å². The second-order valence-electron chi connectivity index (χ2n) is 4.80. The predicted molar refractivity (Wildman–Crippen MR) is 54.1 cm³/mol. The van der Waals surface area contributed by atoms with Crippen molar-refractivity contribution in [3.8, 4) is 0 Å². The minimum Gasteiger partial charge on any atom is -0.464 e. The molecule has 0 unspecified atom stereocenters. The van der Waals surface area contributed by atoms with Crippen molar-refractivity contribution < 1.29 is 24.9 Å². The van der Waals surface area contributed by atoms with Gasteiger partial charge in [0.25, 0.3) is 0 Å². The number of esters is 1. The maximum Gasteiger partial charge on any atom is 0.311 e. The number of rotatable bonds is 5. The monoisotopic (exact) mass is 220 g/mol. The molecule has 0 aliphatic rings. The average Bonchev–Trinajstić information content (AvgIpc) is 2.19. The number of carbonyl (C=O) groups excluding carboxylic acids is 1. The van der Waals surface area contributed by atoms with E-state index in [0.29, 0.717) is 0 Å². The van der Waals surface area contributed by atoms with Crippen molar-refractivity contribution in [2.24, 2.45) is 10.8 Å². The molecule has 0 spiro atoms. The van der Waals surface area contributed by atoms with Crippen LogP contribution in [0, 0.1) is 10.8 Å². The van der Waals surface area contributed by atoms with Crippen molar-refractivity contribution in [2.45, 2.75) is 20.8 Å². The Hall–Kier alpha value is -0.650. The van der Waals surface area contributed by atoms with Crippen LogP contribution in [0.15, 0.2) is 0 Å². The number of hydrogen-bond acceptors (Lipinski definition) is 5. The van der Waals surface area contributed by atoms with Gasteiger partial charge in [0.05, 0.1) is 30.7 Å². The van der Waals surface area contributed by atoms with E-state index < -0.39 is 36.6 Å². The third kappa shape index (κ3) is 4.15. The molecule has 0 saturated carbocycles. The molecule has 0 aromatic heterocycles.